The fraction of sp³-hybridized carbons (Fsp3) is 1.00. The molecule has 0 atom stereocenters. The molecule has 0 aromatic rings. The van der Waals surface area contributed by atoms with Crippen molar-refractivity contribution < 1.29 is 9.47 Å². The third-order valence-electron chi connectivity index (χ3n) is 1.65. The molecule has 4 N–H and O–H groups in total. The summed E-state index contributed by atoms with van der Waals surface area (Å²) in [5, 5.41) is 0. The van der Waals surface area contributed by atoms with Crippen molar-refractivity contribution in [3.8, 4) is 0 Å². The molecule has 0 amide bonds. The fourth-order valence-corrected chi connectivity index (χ4v) is 1.02. The Morgan fingerprint density at radius 1 is 0.600 bits per heavy atom. The molecule has 0 aromatic carbocycles. The zero-order chi connectivity index (χ0) is 11.1. The quantitative estimate of drug-likeness (QED) is 0.546. The summed E-state index contributed by atoms with van der Waals surface area (Å²) in [7, 11) is 8.00. The summed E-state index contributed by atoms with van der Waals surface area (Å²) in [6.07, 6.45) is 5.11. The van der Waals surface area contributed by atoms with Crippen LogP contribution in [0.25, 0.3) is 0 Å². The minimum absolute atomic E-state index is 0. The van der Waals surface area contributed by atoms with E-state index in [9.17, 15) is 0 Å². The third-order valence-corrected chi connectivity index (χ3v) is 1.65. The summed E-state index contributed by atoms with van der Waals surface area (Å²) in [6.45, 7) is 4.00. The first-order valence-corrected chi connectivity index (χ1v) is 4.82. The van der Waals surface area contributed by atoms with Gasteiger partial charge >= 0.3 is 37.7 Å². The van der Waals surface area contributed by atoms with Gasteiger partial charge in [-0.05, 0) is 25.7 Å². The van der Waals surface area contributed by atoms with Crippen molar-refractivity contribution in [2.24, 2.45) is 11.3 Å². The standard InChI is InChI=1S/2C4H8O.2BH2N.Ca/c2*1-2-4-5-3-1;2*1-2;/h2*1-4H2;2*2H2;/q;;2*-1;+2. The average Bonchev–Trinajstić information content (AvgIpc) is 3.01. The Morgan fingerprint density at radius 3 is 0.867 bits per heavy atom. The predicted octanol–water partition coefficient (Wildman–Crippen LogP) is -0.730. The number of hydrogen-bond acceptors (Lipinski definition) is 4. The van der Waals surface area contributed by atoms with Gasteiger partial charge in [-0.2, -0.15) is 0 Å². The number of hydrogen-bond donors (Lipinski definition) is 2. The number of rotatable bonds is 0. The summed E-state index contributed by atoms with van der Waals surface area (Å²) >= 11 is 0. The van der Waals surface area contributed by atoms with Gasteiger partial charge in [0.25, 0.3) is 0 Å². The monoisotopic (exact) mass is 238 g/mol. The Kier molecular flexibility index (Phi) is 35.1. The molecular formula is C8H20B2CaN2O2. The topological polar surface area (TPSA) is 70.5 Å². The van der Waals surface area contributed by atoms with Gasteiger partial charge in [-0.3, -0.25) is 0 Å². The first kappa shape index (κ1) is 21.5. The second kappa shape index (κ2) is 24.5. The van der Waals surface area contributed by atoms with E-state index in [-0.39, 0.29) is 37.7 Å². The molecule has 2 saturated heterocycles. The molecule has 15 heavy (non-hydrogen) atoms. The average molecular weight is 238 g/mol. The van der Waals surface area contributed by atoms with Gasteiger partial charge in [-0.15, -0.1) is 0 Å². The maximum atomic E-state index is 4.94. The molecule has 0 bridgehead atoms. The van der Waals surface area contributed by atoms with Crippen molar-refractivity contribution in [2.45, 2.75) is 25.7 Å². The van der Waals surface area contributed by atoms with Gasteiger partial charge in [0.05, 0.1) is 0 Å². The second-order valence-corrected chi connectivity index (χ2v) is 2.64. The minimum atomic E-state index is 0. The third kappa shape index (κ3) is 21.1. The predicted molar refractivity (Wildman–Crippen MR) is 65.7 cm³/mol. The SMILES string of the molecule is C1CCOC1.C1CCOC1.[B-]N.[B-]N.[Ca+2]. The Labute approximate surface area is 126 Å². The summed E-state index contributed by atoms with van der Waals surface area (Å²) in [5.41, 5.74) is 8.00. The molecule has 0 saturated carbocycles. The fourth-order valence-electron chi connectivity index (χ4n) is 1.02. The van der Waals surface area contributed by atoms with Crippen LogP contribution in [0.5, 0.6) is 0 Å². The van der Waals surface area contributed by atoms with Gasteiger partial charge in [0.2, 0.25) is 0 Å². The smallest absolute Gasteiger partial charge is 0.605 e. The van der Waals surface area contributed by atoms with Gasteiger partial charge in [-0.25, -0.2) is 0 Å². The Hall–Kier alpha value is 1.23. The van der Waals surface area contributed by atoms with Crippen LogP contribution in [0.2, 0.25) is 0 Å². The van der Waals surface area contributed by atoms with E-state index in [1.807, 2.05) is 0 Å². The van der Waals surface area contributed by atoms with Crippen LogP contribution in [0.15, 0.2) is 0 Å². The largest absolute Gasteiger partial charge is 2.00 e. The van der Waals surface area contributed by atoms with Crippen LogP contribution in [0.1, 0.15) is 25.7 Å². The van der Waals surface area contributed by atoms with Crippen LogP contribution >= 0.6 is 0 Å². The van der Waals surface area contributed by atoms with E-state index in [1.54, 1.807) is 0 Å². The molecule has 0 spiro atoms. The van der Waals surface area contributed by atoms with Crippen LogP contribution in [-0.4, -0.2) is 80.1 Å². The van der Waals surface area contributed by atoms with Crippen LogP contribution < -0.4 is 11.3 Å². The Morgan fingerprint density at radius 2 is 0.800 bits per heavy atom. The molecule has 4 nitrogen and oxygen atoms in total. The Bertz CT molecular complexity index is 61.8. The van der Waals surface area contributed by atoms with Gasteiger partial charge in [0.1, 0.15) is 0 Å². The van der Waals surface area contributed by atoms with Gasteiger partial charge in [0.15, 0.2) is 0 Å². The first-order chi connectivity index (χ1) is 7.00. The van der Waals surface area contributed by atoms with Gasteiger partial charge in [0, 0.05) is 26.4 Å². The van der Waals surface area contributed by atoms with E-state index < -0.39 is 0 Å². The van der Waals surface area contributed by atoms with E-state index in [2.05, 4.69) is 27.3 Å². The van der Waals surface area contributed by atoms with Crippen molar-refractivity contribution in [1.29, 1.82) is 0 Å². The summed E-state index contributed by atoms with van der Waals surface area (Å²) in [5.74, 6) is 0. The normalized spacial score (nSPS) is 16.8. The second-order valence-electron chi connectivity index (χ2n) is 2.64. The molecule has 0 unspecified atom stereocenters. The van der Waals surface area contributed by atoms with Crippen molar-refractivity contribution in [3.63, 3.8) is 0 Å². The van der Waals surface area contributed by atoms with E-state index >= 15 is 0 Å². The van der Waals surface area contributed by atoms with Crippen molar-refractivity contribution in [2.75, 3.05) is 26.4 Å². The summed E-state index contributed by atoms with van der Waals surface area (Å²) in [6, 6.07) is 0. The van der Waals surface area contributed by atoms with Crippen molar-refractivity contribution in [1.82, 2.24) is 0 Å². The zero-order valence-corrected chi connectivity index (χ0v) is 11.7. The molecule has 2 aliphatic rings. The maximum Gasteiger partial charge on any atom is 2.00 e. The molecule has 2 aliphatic heterocycles. The molecule has 2 heterocycles. The molecule has 0 aromatic heterocycles. The Balaban J connectivity index is -0.000000138. The van der Waals surface area contributed by atoms with Gasteiger partial charge < -0.3 is 36.7 Å². The summed E-state index contributed by atoms with van der Waals surface area (Å²) < 4.78 is 9.89. The van der Waals surface area contributed by atoms with Crippen LogP contribution in [0, 0.1) is 0 Å². The molecule has 0 aliphatic carbocycles. The number of ether oxygens (including phenoxy) is 2. The van der Waals surface area contributed by atoms with E-state index in [4.69, 9.17) is 9.47 Å². The minimum Gasteiger partial charge on any atom is -0.605 e. The van der Waals surface area contributed by atoms with E-state index in [0.29, 0.717) is 0 Å². The molecule has 2 rings (SSSR count). The van der Waals surface area contributed by atoms with Crippen LogP contribution in [0.4, 0.5) is 0 Å². The van der Waals surface area contributed by atoms with Crippen molar-refractivity contribution in [3.05, 3.63) is 0 Å². The van der Waals surface area contributed by atoms with Crippen LogP contribution in [0.3, 0.4) is 0 Å². The van der Waals surface area contributed by atoms with Crippen molar-refractivity contribution >= 4 is 53.7 Å². The van der Waals surface area contributed by atoms with E-state index in [1.165, 1.54) is 25.7 Å². The molecule has 6 radical (unpaired) electrons. The molecule has 82 valence electrons. The van der Waals surface area contributed by atoms with Gasteiger partial charge in [-0.1, -0.05) is 0 Å². The summed E-state index contributed by atoms with van der Waals surface area (Å²) in [4.78, 5) is 0. The first-order valence-electron chi connectivity index (χ1n) is 4.82. The zero-order valence-electron chi connectivity index (χ0n) is 9.49. The van der Waals surface area contributed by atoms with E-state index in [0.717, 1.165) is 26.4 Å². The molecule has 7 heteroatoms. The number of nitrogens with two attached hydrogens (primary N) is 2. The van der Waals surface area contributed by atoms with Crippen LogP contribution in [-0.2, 0) is 9.47 Å². The molecule has 2 fully saturated rings. The maximum absolute atomic E-state index is 4.94. The molecular weight excluding hydrogens is 218 g/mol.